The van der Waals surface area contributed by atoms with Crippen molar-refractivity contribution in [2.75, 3.05) is 39.3 Å². The fraction of sp³-hybridized carbons (Fsp3) is 0.500. The number of aromatic nitrogens is 1. The summed E-state index contributed by atoms with van der Waals surface area (Å²) in [6, 6.07) is 2.52. The molecule has 1 aromatic carbocycles. The summed E-state index contributed by atoms with van der Waals surface area (Å²) in [4.78, 5) is 37.5. The third kappa shape index (κ3) is 5.79. The lowest BCUT2D eigenvalue weighted by Crippen LogP contribution is -2.44. The van der Waals surface area contributed by atoms with Crippen LogP contribution in [0.2, 0.25) is 5.02 Å². The van der Waals surface area contributed by atoms with Gasteiger partial charge in [-0.05, 0) is 26.8 Å². The number of carboxylic acid groups (broad SMARTS) is 1. The van der Waals surface area contributed by atoms with Gasteiger partial charge in [-0.2, -0.15) is 0 Å². The Kier molecular flexibility index (Phi) is 8.40. The van der Waals surface area contributed by atoms with Crippen LogP contribution in [-0.2, 0) is 14.3 Å². The second kappa shape index (κ2) is 11.6. The Morgan fingerprint density at radius 2 is 2.07 bits per heavy atom. The number of alkyl halides is 2. The molecule has 0 amide bonds. The summed E-state index contributed by atoms with van der Waals surface area (Å²) in [5.74, 6) is -6.19. The van der Waals surface area contributed by atoms with Gasteiger partial charge in [0.2, 0.25) is 0 Å². The summed E-state index contributed by atoms with van der Waals surface area (Å²) in [6.07, 6.45) is 1.58. The van der Waals surface area contributed by atoms with E-state index in [2.05, 4.69) is 15.3 Å². The number of likely N-dealkylation sites (tertiary alicyclic amines) is 2. The molecular weight excluding hydrogens is 595 g/mol. The Hall–Kier alpha value is -3.00. The van der Waals surface area contributed by atoms with E-state index in [1.165, 1.54) is 23.5 Å². The third-order valence-electron chi connectivity index (χ3n) is 7.88. The van der Waals surface area contributed by atoms with E-state index in [1.54, 1.807) is 48.2 Å². The molecule has 1 aromatic heterocycles. The first-order valence-corrected chi connectivity index (χ1v) is 14.7. The van der Waals surface area contributed by atoms with E-state index in [0.717, 1.165) is 0 Å². The summed E-state index contributed by atoms with van der Waals surface area (Å²) in [5.41, 5.74) is -0.571. The zero-order chi connectivity index (χ0) is 30.4. The van der Waals surface area contributed by atoms with Crippen LogP contribution in [0.3, 0.4) is 0 Å². The number of amidine groups is 1. The molecule has 226 valence electrons. The van der Waals surface area contributed by atoms with Gasteiger partial charge in [0.15, 0.2) is 10.8 Å². The minimum Gasteiger partial charge on any atom is -0.481 e. The number of halogens is 4. The number of thiazole rings is 1. The Balaban J connectivity index is 1.54. The molecule has 2 fully saturated rings. The van der Waals surface area contributed by atoms with E-state index in [9.17, 15) is 19.1 Å². The minimum atomic E-state index is -3.04. The van der Waals surface area contributed by atoms with Gasteiger partial charge in [-0.1, -0.05) is 23.7 Å². The van der Waals surface area contributed by atoms with Crippen LogP contribution in [0.5, 0.6) is 0 Å². The number of aliphatic carboxylic acids is 1. The van der Waals surface area contributed by atoms with Crippen molar-refractivity contribution in [2.45, 2.75) is 38.8 Å². The summed E-state index contributed by atoms with van der Waals surface area (Å²) >= 11 is 7.64. The Morgan fingerprint density at radius 3 is 2.74 bits per heavy atom. The van der Waals surface area contributed by atoms with Crippen LogP contribution >= 0.6 is 22.9 Å². The quantitative estimate of drug-likeness (QED) is 0.399. The van der Waals surface area contributed by atoms with Crippen LogP contribution in [0, 0.1) is 17.2 Å². The van der Waals surface area contributed by atoms with E-state index >= 15 is 8.78 Å². The molecule has 9 nitrogen and oxygen atoms in total. The first-order valence-electron chi connectivity index (χ1n) is 13.5. The summed E-state index contributed by atoms with van der Waals surface area (Å²) in [6.45, 7) is 4.60. The SMILES string of the molecule is CCOC(=O)C1=C(CN2CC(F)(F)[C@@H]3CN(CC(C)(C)C(=O)O)C[C@@H]32)NC(c2nccs2)=N[C@H]1c1cccc(F)c1Cl. The largest absolute Gasteiger partial charge is 0.481 e. The maximum absolute atomic E-state index is 15.4. The lowest BCUT2D eigenvalue weighted by atomic mass is 9.93. The Bertz CT molecular complexity index is 1430. The van der Waals surface area contributed by atoms with Gasteiger partial charge >= 0.3 is 11.9 Å². The number of aliphatic imine (C=N–C) groups is 1. The fourth-order valence-corrected chi connectivity index (χ4v) is 6.68. The predicted octanol–water partition coefficient (Wildman–Crippen LogP) is 4.21. The van der Waals surface area contributed by atoms with Crippen LogP contribution in [0.25, 0.3) is 0 Å². The first kappa shape index (κ1) is 30.5. The van der Waals surface area contributed by atoms with E-state index in [-0.39, 0.29) is 60.5 Å². The highest BCUT2D eigenvalue weighted by molar-refractivity contribution is 7.11. The van der Waals surface area contributed by atoms with Gasteiger partial charge in [0.1, 0.15) is 11.9 Å². The van der Waals surface area contributed by atoms with Gasteiger partial charge in [0.25, 0.3) is 5.92 Å². The number of hydrogen-bond donors (Lipinski definition) is 2. The number of rotatable bonds is 9. The predicted molar refractivity (Wildman–Crippen MR) is 151 cm³/mol. The van der Waals surface area contributed by atoms with E-state index < -0.39 is 53.6 Å². The van der Waals surface area contributed by atoms with Crippen LogP contribution in [0.4, 0.5) is 13.2 Å². The van der Waals surface area contributed by atoms with Crippen molar-refractivity contribution < 1.29 is 32.6 Å². The Morgan fingerprint density at radius 1 is 1.31 bits per heavy atom. The molecule has 0 unspecified atom stereocenters. The van der Waals surface area contributed by atoms with Crippen molar-refractivity contribution in [2.24, 2.45) is 16.3 Å². The molecule has 2 aromatic rings. The highest BCUT2D eigenvalue weighted by Crippen LogP contribution is 2.44. The average Bonchev–Trinajstić information content (AvgIpc) is 3.64. The first-order chi connectivity index (χ1) is 19.8. The number of esters is 1. The molecule has 2 N–H and O–H groups in total. The smallest absolute Gasteiger partial charge is 0.338 e. The van der Waals surface area contributed by atoms with Crippen molar-refractivity contribution >= 4 is 40.7 Å². The molecular formula is C28H31ClF3N5O4S. The average molecular weight is 626 g/mol. The highest BCUT2D eigenvalue weighted by Gasteiger charge is 2.58. The standard InChI is InChI=1S/C28H31ClF3N5O4S/c1-4-41-25(38)20-18(11-37-14-28(31,32)16-10-36(12-19(16)37)13-27(2,3)26(39)40)34-23(24-33-8-9-42-24)35-22(20)15-6-5-7-17(30)21(15)29/h5-9,16,19,22H,4,10-14H2,1-3H3,(H,34,35)(H,39,40)/t16-,19+,22+/m1/s1. The molecule has 5 rings (SSSR count). The number of hydrogen-bond acceptors (Lipinski definition) is 9. The second-order valence-electron chi connectivity index (χ2n) is 11.3. The van der Waals surface area contributed by atoms with Crippen molar-refractivity contribution in [3.8, 4) is 0 Å². The molecule has 14 heteroatoms. The van der Waals surface area contributed by atoms with E-state index in [4.69, 9.17) is 16.3 Å². The second-order valence-corrected chi connectivity index (χ2v) is 12.6. The normalized spacial score (nSPS) is 24.4. The topological polar surface area (TPSA) is 107 Å². The maximum atomic E-state index is 15.4. The lowest BCUT2D eigenvalue weighted by molar-refractivity contribution is -0.148. The summed E-state index contributed by atoms with van der Waals surface area (Å²) in [5, 5.41) is 14.7. The van der Waals surface area contributed by atoms with Gasteiger partial charge in [0, 0.05) is 55.1 Å². The number of nitrogens with zero attached hydrogens (tertiary/aromatic N) is 4. The van der Waals surface area contributed by atoms with Gasteiger partial charge in [-0.3, -0.25) is 14.7 Å². The Labute approximate surface area is 250 Å². The molecule has 0 spiro atoms. The molecule has 3 aliphatic rings. The van der Waals surface area contributed by atoms with E-state index in [0.29, 0.717) is 5.01 Å². The molecule has 4 heterocycles. The minimum absolute atomic E-state index is 0.0401. The maximum Gasteiger partial charge on any atom is 0.338 e. The number of ether oxygens (including phenoxy) is 1. The van der Waals surface area contributed by atoms with Crippen molar-refractivity contribution in [1.29, 1.82) is 0 Å². The molecule has 0 bridgehead atoms. The molecule has 42 heavy (non-hydrogen) atoms. The third-order valence-corrected chi connectivity index (χ3v) is 9.06. The van der Waals surface area contributed by atoms with Crippen LogP contribution in [-0.4, -0.2) is 89.0 Å². The number of carbonyl (C=O) groups excluding carboxylic acids is 1. The van der Waals surface area contributed by atoms with Crippen LogP contribution in [0.15, 0.2) is 46.0 Å². The highest BCUT2D eigenvalue weighted by atomic mass is 35.5. The molecule has 0 radical (unpaired) electrons. The molecule has 3 aliphatic heterocycles. The number of benzene rings is 1. The zero-order valence-electron chi connectivity index (χ0n) is 23.2. The van der Waals surface area contributed by atoms with E-state index in [1.807, 2.05) is 0 Å². The summed E-state index contributed by atoms with van der Waals surface area (Å²) in [7, 11) is 0. The number of carbonyl (C=O) groups is 2. The summed E-state index contributed by atoms with van der Waals surface area (Å²) < 4.78 is 50.7. The molecule has 0 saturated carbocycles. The zero-order valence-corrected chi connectivity index (χ0v) is 24.8. The number of carboxylic acids is 1. The number of nitrogens with one attached hydrogen (secondary N) is 1. The van der Waals surface area contributed by atoms with Crippen LogP contribution in [0.1, 0.15) is 37.4 Å². The monoisotopic (exact) mass is 625 g/mol. The molecule has 2 saturated heterocycles. The number of fused-ring (bicyclic) bond motifs is 1. The van der Waals surface area contributed by atoms with Crippen molar-refractivity contribution in [3.05, 3.63) is 62.5 Å². The molecule has 3 atom stereocenters. The van der Waals surface area contributed by atoms with Gasteiger partial charge in [-0.15, -0.1) is 11.3 Å². The van der Waals surface area contributed by atoms with Gasteiger partial charge in [0.05, 0.1) is 35.1 Å². The lowest BCUT2D eigenvalue weighted by Gasteiger charge is -2.32. The van der Waals surface area contributed by atoms with Gasteiger partial charge in [-0.25, -0.2) is 22.9 Å². The fourth-order valence-electron chi connectivity index (χ4n) is 5.86. The van der Waals surface area contributed by atoms with Crippen molar-refractivity contribution in [1.82, 2.24) is 20.1 Å². The van der Waals surface area contributed by atoms with Crippen LogP contribution < -0.4 is 5.32 Å². The molecule has 0 aliphatic carbocycles. The van der Waals surface area contributed by atoms with Gasteiger partial charge < -0.3 is 20.1 Å². The van der Waals surface area contributed by atoms with Crippen molar-refractivity contribution in [3.63, 3.8) is 0 Å².